The van der Waals surface area contributed by atoms with Crippen molar-refractivity contribution >= 4 is 17.4 Å². The Kier molecular flexibility index (Phi) is 2.59. The summed E-state index contributed by atoms with van der Waals surface area (Å²) in [5.74, 6) is 0.937. The quantitative estimate of drug-likeness (QED) is 0.726. The molecule has 0 atom stereocenters. The molecule has 3 heteroatoms. The zero-order valence-corrected chi connectivity index (χ0v) is 10.5. The fourth-order valence-electron chi connectivity index (χ4n) is 2.00. The molecule has 1 aliphatic heterocycles. The second-order valence-corrected chi connectivity index (χ2v) is 6.30. The molecule has 15 heavy (non-hydrogen) atoms. The van der Waals surface area contributed by atoms with Crippen LogP contribution in [0.2, 0.25) is 0 Å². The minimum Gasteiger partial charge on any atom is -0.497 e. The molecule has 82 valence electrons. The number of rotatable bonds is 1. The van der Waals surface area contributed by atoms with Crippen LogP contribution in [-0.4, -0.2) is 25.4 Å². The molecule has 1 aliphatic rings. The van der Waals surface area contributed by atoms with Crippen LogP contribution in [0.4, 0.5) is 5.69 Å². The Morgan fingerprint density at radius 1 is 1.40 bits per heavy atom. The van der Waals surface area contributed by atoms with Gasteiger partial charge in [0.2, 0.25) is 0 Å². The topological polar surface area (TPSA) is 12.5 Å². The van der Waals surface area contributed by atoms with Crippen LogP contribution in [-0.2, 0) is 0 Å². The minimum atomic E-state index is 0.272. The Hall–Kier alpha value is -0.830. The molecule has 0 aliphatic carbocycles. The number of hydrogen-bond acceptors (Lipinski definition) is 3. The first-order valence-corrected chi connectivity index (χ1v) is 5.92. The Balaban J connectivity index is 2.42. The van der Waals surface area contributed by atoms with Crippen molar-refractivity contribution in [2.75, 3.05) is 25.6 Å². The predicted molar refractivity (Wildman–Crippen MR) is 66.2 cm³/mol. The number of methoxy groups -OCH3 is 1. The number of anilines is 1. The number of ether oxygens (including phenoxy) is 1. The molecule has 0 amide bonds. The van der Waals surface area contributed by atoms with Crippen molar-refractivity contribution in [2.24, 2.45) is 0 Å². The van der Waals surface area contributed by atoms with Gasteiger partial charge in [0.15, 0.2) is 0 Å². The SMILES string of the molecule is COc1ccc2c(c1)SC(C)(C)CN2C. The maximum Gasteiger partial charge on any atom is 0.120 e. The summed E-state index contributed by atoms with van der Waals surface area (Å²) in [6.45, 7) is 5.63. The molecule has 2 nitrogen and oxygen atoms in total. The molecule has 0 radical (unpaired) electrons. The number of hydrogen-bond donors (Lipinski definition) is 0. The summed E-state index contributed by atoms with van der Waals surface area (Å²) in [5, 5.41) is 0. The van der Waals surface area contributed by atoms with Gasteiger partial charge in [-0.25, -0.2) is 0 Å². The molecule has 2 rings (SSSR count). The van der Waals surface area contributed by atoms with Crippen LogP contribution in [0.1, 0.15) is 13.8 Å². The lowest BCUT2D eigenvalue weighted by molar-refractivity contribution is 0.413. The van der Waals surface area contributed by atoms with Gasteiger partial charge in [0.25, 0.3) is 0 Å². The summed E-state index contributed by atoms with van der Waals surface area (Å²) >= 11 is 1.93. The van der Waals surface area contributed by atoms with Gasteiger partial charge in [0.1, 0.15) is 5.75 Å². The van der Waals surface area contributed by atoms with E-state index in [9.17, 15) is 0 Å². The van der Waals surface area contributed by atoms with E-state index in [2.05, 4.69) is 37.9 Å². The van der Waals surface area contributed by atoms with Crippen molar-refractivity contribution in [3.05, 3.63) is 18.2 Å². The maximum atomic E-state index is 5.25. The monoisotopic (exact) mass is 223 g/mol. The molecule has 0 fully saturated rings. The van der Waals surface area contributed by atoms with Crippen LogP contribution in [0.15, 0.2) is 23.1 Å². The zero-order chi connectivity index (χ0) is 11.1. The summed E-state index contributed by atoms with van der Waals surface area (Å²) in [5.41, 5.74) is 1.31. The van der Waals surface area contributed by atoms with Gasteiger partial charge in [-0.1, -0.05) is 0 Å². The van der Waals surface area contributed by atoms with Gasteiger partial charge >= 0.3 is 0 Å². The lowest BCUT2D eigenvalue weighted by atomic mass is 10.1. The van der Waals surface area contributed by atoms with Crippen LogP contribution in [0, 0.1) is 0 Å². The molecule has 0 bridgehead atoms. The van der Waals surface area contributed by atoms with Gasteiger partial charge in [0, 0.05) is 23.2 Å². The van der Waals surface area contributed by atoms with E-state index in [1.165, 1.54) is 10.6 Å². The molecular formula is C12H17NOS. The fraction of sp³-hybridized carbons (Fsp3) is 0.500. The van der Waals surface area contributed by atoms with E-state index < -0.39 is 0 Å². The third-order valence-electron chi connectivity index (χ3n) is 2.58. The minimum absolute atomic E-state index is 0.272. The van der Waals surface area contributed by atoms with E-state index in [1.54, 1.807) is 7.11 Å². The number of benzene rings is 1. The van der Waals surface area contributed by atoms with Gasteiger partial charge in [-0.15, -0.1) is 11.8 Å². The largest absolute Gasteiger partial charge is 0.497 e. The van der Waals surface area contributed by atoms with E-state index >= 15 is 0 Å². The van der Waals surface area contributed by atoms with Crippen LogP contribution in [0.3, 0.4) is 0 Å². The molecule has 0 aromatic heterocycles. The molecule has 0 spiro atoms. The Labute approximate surface area is 95.6 Å². The maximum absolute atomic E-state index is 5.25. The summed E-state index contributed by atoms with van der Waals surface area (Å²) in [7, 11) is 3.86. The average Bonchev–Trinajstić information content (AvgIpc) is 2.14. The van der Waals surface area contributed by atoms with Crippen molar-refractivity contribution in [1.29, 1.82) is 0 Å². The van der Waals surface area contributed by atoms with Gasteiger partial charge in [0.05, 0.1) is 12.8 Å². The molecule has 1 heterocycles. The first-order valence-electron chi connectivity index (χ1n) is 5.10. The van der Waals surface area contributed by atoms with Crippen LogP contribution < -0.4 is 9.64 Å². The highest BCUT2D eigenvalue weighted by molar-refractivity contribution is 8.00. The van der Waals surface area contributed by atoms with Crippen LogP contribution in [0.5, 0.6) is 5.75 Å². The molecule has 1 aromatic carbocycles. The first-order chi connectivity index (χ1) is 7.02. The Morgan fingerprint density at radius 2 is 2.13 bits per heavy atom. The van der Waals surface area contributed by atoms with Gasteiger partial charge in [-0.2, -0.15) is 0 Å². The molecule has 0 saturated heterocycles. The van der Waals surface area contributed by atoms with E-state index in [1.807, 2.05) is 17.8 Å². The summed E-state index contributed by atoms with van der Waals surface area (Å²) in [6, 6.07) is 6.28. The number of nitrogens with zero attached hydrogens (tertiary/aromatic N) is 1. The highest BCUT2D eigenvalue weighted by Crippen LogP contribution is 2.44. The van der Waals surface area contributed by atoms with Crippen molar-refractivity contribution < 1.29 is 4.74 Å². The summed E-state index contributed by atoms with van der Waals surface area (Å²) in [6.07, 6.45) is 0. The first kappa shape index (κ1) is 10.7. The summed E-state index contributed by atoms with van der Waals surface area (Å²) in [4.78, 5) is 3.62. The fourth-order valence-corrected chi connectivity index (χ4v) is 3.36. The molecule has 0 unspecified atom stereocenters. The standard InChI is InChI=1S/C12H17NOS/c1-12(2)8-13(3)10-6-5-9(14-4)7-11(10)15-12/h5-7H,8H2,1-4H3. The lowest BCUT2D eigenvalue weighted by Crippen LogP contribution is -2.37. The van der Waals surface area contributed by atoms with E-state index in [-0.39, 0.29) is 4.75 Å². The summed E-state index contributed by atoms with van der Waals surface area (Å²) < 4.78 is 5.52. The van der Waals surface area contributed by atoms with Crippen LogP contribution in [0.25, 0.3) is 0 Å². The smallest absolute Gasteiger partial charge is 0.120 e. The van der Waals surface area contributed by atoms with Crippen molar-refractivity contribution in [3.8, 4) is 5.75 Å². The molecular weight excluding hydrogens is 206 g/mol. The highest BCUT2D eigenvalue weighted by atomic mass is 32.2. The molecule has 0 N–H and O–H groups in total. The van der Waals surface area contributed by atoms with Gasteiger partial charge < -0.3 is 9.64 Å². The van der Waals surface area contributed by atoms with Gasteiger partial charge in [-0.05, 0) is 32.0 Å². The normalized spacial score (nSPS) is 18.5. The second kappa shape index (κ2) is 3.63. The third kappa shape index (κ3) is 2.07. The Bertz CT molecular complexity index is 376. The van der Waals surface area contributed by atoms with Crippen LogP contribution >= 0.6 is 11.8 Å². The third-order valence-corrected chi connectivity index (χ3v) is 3.81. The van der Waals surface area contributed by atoms with Crippen molar-refractivity contribution in [3.63, 3.8) is 0 Å². The lowest BCUT2D eigenvalue weighted by Gasteiger charge is -2.38. The average molecular weight is 223 g/mol. The van der Waals surface area contributed by atoms with Crippen molar-refractivity contribution in [1.82, 2.24) is 0 Å². The predicted octanol–water partition coefficient (Wildman–Crippen LogP) is 3.02. The number of thioether (sulfide) groups is 1. The van der Waals surface area contributed by atoms with E-state index in [0.29, 0.717) is 0 Å². The second-order valence-electron chi connectivity index (χ2n) is 4.55. The highest BCUT2D eigenvalue weighted by Gasteiger charge is 2.29. The Morgan fingerprint density at radius 3 is 2.80 bits per heavy atom. The number of fused-ring (bicyclic) bond motifs is 1. The molecule has 1 aromatic rings. The van der Waals surface area contributed by atoms with E-state index in [0.717, 1.165) is 12.3 Å². The van der Waals surface area contributed by atoms with E-state index in [4.69, 9.17) is 4.74 Å². The molecule has 0 saturated carbocycles. The zero-order valence-electron chi connectivity index (χ0n) is 9.70. The van der Waals surface area contributed by atoms with Gasteiger partial charge in [-0.3, -0.25) is 0 Å². The van der Waals surface area contributed by atoms with Crippen molar-refractivity contribution in [2.45, 2.75) is 23.5 Å².